The Labute approximate surface area is 155 Å². The van der Waals surface area contributed by atoms with Gasteiger partial charge in [-0.1, -0.05) is 47.5 Å². The molecule has 4 heteroatoms. The Hall–Kier alpha value is -2.59. The summed E-state index contributed by atoms with van der Waals surface area (Å²) in [5.74, 6) is 0.303. The van der Waals surface area contributed by atoms with E-state index >= 15 is 0 Å². The lowest BCUT2D eigenvalue weighted by Gasteiger charge is -2.13. The molecule has 3 nitrogen and oxygen atoms in total. The maximum atomic E-state index is 12.4. The minimum Gasteiger partial charge on any atom is -0.379 e. The van der Waals surface area contributed by atoms with E-state index in [0.29, 0.717) is 5.75 Å². The number of benzene rings is 3. The lowest BCUT2D eigenvalue weighted by molar-refractivity contribution is 0.486. The number of hydrogen-bond donors (Lipinski definition) is 0. The Kier molecular flexibility index (Phi) is 4.88. The molecule has 134 valence electrons. The smallest absolute Gasteiger partial charge is 0.339 e. The van der Waals surface area contributed by atoms with Gasteiger partial charge in [-0.15, -0.1) is 0 Å². The SMILES string of the molecule is Cc1ccc(S(=O)(=O)Oc2ccc(-c3c(C)cc(C)cc3C)cc2)cc1. The highest BCUT2D eigenvalue weighted by molar-refractivity contribution is 7.87. The van der Waals surface area contributed by atoms with Crippen LogP contribution in [0.2, 0.25) is 0 Å². The molecule has 0 unspecified atom stereocenters. The maximum Gasteiger partial charge on any atom is 0.339 e. The molecule has 0 radical (unpaired) electrons. The van der Waals surface area contributed by atoms with Crippen LogP contribution in [-0.4, -0.2) is 8.42 Å². The van der Waals surface area contributed by atoms with Crippen molar-refractivity contribution in [3.05, 3.63) is 82.9 Å². The summed E-state index contributed by atoms with van der Waals surface area (Å²) in [6, 6.07) is 18.1. The Morgan fingerprint density at radius 3 is 1.77 bits per heavy atom. The van der Waals surface area contributed by atoms with E-state index in [2.05, 4.69) is 32.9 Å². The molecule has 0 spiro atoms. The van der Waals surface area contributed by atoms with Crippen molar-refractivity contribution >= 4 is 10.1 Å². The summed E-state index contributed by atoms with van der Waals surface area (Å²) < 4.78 is 30.1. The molecule has 0 fully saturated rings. The van der Waals surface area contributed by atoms with E-state index in [1.54, 1.807) is 36.4 Å². The summed E-state index contributed by atoms with van der Waals surface area (Å²) in [5, 5.41) is 0. The fourth-order valence-electron chi connectivity index (χ4n) is 3.19. The third-order valence-corrected chi connectivity index (χ3v) is 5.60. The predicted molar refractivity (Wildman–Crippen MR) is 105 cm³/mol. The summed E-state index contributed by atoms with van der Waals surface area (Å²) in [7, 11) is -3.83. The lowest BCUT2D eigenvalue weighted by Crippen LogP contribution is -2.09. The van der Waals surface area contributed by atoms with Crippen LogP contribution in [0, 0.1) is 27.7 Å². The summed E-state index contributed by atoms with van der Waals surface area (Å²) in [4.78, 5) is 0.150. The fraction of sp³-hybridized carbons (Fsp3) is 0.182. The lowest BCUT2D eigenvalue weighted by atomic mass is 9.94. The molecule has 0 aliphatic rings. The maximum absolute atomic E-state index is 12.4. The molecule has 0 N–H and O–H groups in total. The molecule has 0 bridgehead atoms. The second kappa shape index (κ2) is 6.96. The monoisotopic (exact) mass is 366 g/mol. The average molecular weight is 366 g/mol. The topological polar surface area (TPSA) is 43.4 Å². The second-order valence-corrected chi connectivity index (χ2v) is 8.19. The van der Waals surface area contributed by atoms with Crippen molar-refractivity contribution in [3.8, 4) is 16.9 Å². The van der Waals surface area contributed by atoms with E-state index in [1.807, 2.05) is 19.1 Å². The van der Waals surface area contributed by atoms with Gasteiger partial charge in [0.15, 0.2) is 0 Å². The summed E-state index contributed by atoms with van der Waals surface area (Å²) in [5.41, 5.74) is 6.83. The number of hydrogen-bond acceptors (Lipinski definition) is 3. The van der Waals surface area contributed by atoms with Gasteiger partial charge < -0.3 is 4.18 Å². The largest absolute Gasteiger partial charge is 0.379 e. The van der Waals surface area contributed by atoms with E-state index in [4.69, 9.17) is 4.18 Å². The van der Waals surface area contributed by atoms with Gasteiger partial charge in [-0.3, -0.25) is 0 Å². The van der Waals surface area contributed by atoms with Gasteiger partial charge in [-0.05, 0) is 74.2 Å². The van der Waals surface area contributed by atoms with Crippen LogP contribution < -0.4 is 4.18 Å². The highest BCUT2D eigenvalue weighted by atomic mass is 32.2. The molecule has 0 atom stereocenters. The standard InChI is InChI=1S/C22H22O3S/c1-15-5-11-21(12-6-15)26(23,24)25-20-9-7-19(8-10-20)22-17(3)13-16(2)14-18(22)4/h5-14H,1-4H3. The molecule has 0 amide bonds. The summed E-state index contributed by atoms with van der Waals surface area (Å²) in [6.07, 6.45) is 0. The van der Waals surface area contributed by atoms with Gasteiger partial charge in [0.1, 0.15) is 10.6 Å². The third kappa shape index (κ3) is 3.81. The van der Waals surface area contributed by atoms with Crippen molar-refractivity contribution in [2.24, 2.45) is 0 Å². The van der Waals surface area contributed by atoms with Crippen molar-refractivity contribution in [1.82, 2.24) is 0 Å². The van der Waals surface area contributed by atoms with Crippen molar-refractivity contribution in [3.63, 3.8) is 0 Å². The van der Waals surface area contributed by atoms with Crippen molar-refractivity contribution in [1.29, 1.82) is 0 Å². The minimum absolute atomic E-state index is 0.150. The van der Waals surface area contributed by atoms with Crippen LogP contribution in [0.15, 0.2) is 65.6 Å². The molecule has 0 saturated carbocycles. The van der Waals surface area contributed by atoms with E-state index in [9.17, 15) is 8.42 Å². The van der Waals surface area contributed by atoms with Crippen molar-refractivity contribution < 1.29 is 12.6 Å². The Morgan fingerprint density at radius 2 is 1.23 bits per heavy atom. The first-order chi connectivity index (χ1) is 12.3. The molecule has 0 aliphatic carbocycles. The fourth-order valence-corrected chi connectivity index (χ4v) is 4.12. The first kappa shape index (κ1) is 18.2. The van der Waals surface area contributed by atoms with Crippen LogP contribution in [-0.2, 0) is 10.1 Å². The van der Waals surface area contributed by atoms with Crippen LogP contribution in [0.5, 0.6) is 5.75 Å². The Bertz CT molecular complexity index is 1010. The van der Waals surface area contributed by atoms with Crippen molar-refractivity contribution in [2.45, 2.75) is 32.6 Å². The molecule has 0 heterocycles. The summed E-state index contributed by atoms with van der Waals surface area (Å²) >= 11 is 0. The van der Waals surface area contributed by atoms with Gasteiger partial charge in [-0.2, -0.15) is 8.42 Å². The molecule has 3 aromatic rings. The van der Waals surface area contributed by atoms with E-state index < -0.39 is 10.1 Å². The van der Waals surface area contributed by atoms with E-state index in [1.165, 1.54) is 22.3 Å². The first-order valence-corrected chi connectivity index (χ1v) is 9.86. The molecule has 26 heavy (non-hydrogen) atoms. The minimum atomic E-state index is -3.83. The van der Waals surface area contributed by atoms with Gasteiger partial charge in [0.2, 0.25) is 0 Å². The number of aryl methyl sites for hydroxylation is 4. The zero-order valence-electron chi connectivity index (χ0n) is 15.4. The van der Waals surface area contributed by atoms with E-state index in [0.717, 1.165) is 11.1 Å². The highest BCUT2D eigenvalue weighted by Gasteiger charge is 2.16. The number of rotatable bonds is 4. The van der Waals surface area contributed by atoms with Gasteiger partial charge in [0.05, 0.1) is 0 Å². The molecule has 3 aromatic carbocycles. The summed E-state index contributed by atoms with van der Waals surface area (Å²) in [6.45, 7) is 8.16. The van der Waals surface area contributed by atoms with Crippen LogP contribution in [0.25, 0.3) is 11.1 Å². The molecule has 0 aliphatic heterocycles. The quantitative estimate of drug-likeness (QED) is 0.584. The second-order valence-electron chi connectivity index (χ2n) is 6.65. The van der Waals surface area contributed by atoms with Crippen LogP contribution in [0.1, 0.15) is 22.3 Å². The molecular formula is C22H22O3S. The highest BCUT2D eigenvalue weighted by Crippen LogP contribution is 2.30. The zero-order valence-corrected chi connectivity index (χ0v) is 16.2. The van der Waals surface area contributed by atoms with Gasteiger partial charge in [-0.25, -0.2) is 0 Å². The molecule has 0 saturated heterocycles. The molecule has 0 aromatic heterocycles. The zero-order chi connectivity index (χ0) is 18.9. The average Bonchev–Trinajstić information content (AvgIpc) is 2.55. The van der Waals surface area contributed by atoms with Crippen LogP contribution >= 0.6 is 0 Å². The van der Waals surface area contributed by atoms with Gasteiger partial charge in [0.25, 0.3) is 0 Å². The van der Waals surface area contributed by atoms with Gasteiger partial charge in [0, 0.05) is 0 Å². The first-order valence-electron chi connectivity index (χ1n) is 8.46. The van der Waals surface area contributed by atoms with E-state index in [-0.39, 0.29) is 4.90 Å². The Balaban J connectivity index is 1.88. The third-order valence-electron chi connectivity index (χ3n) is 4.34. The molecule has 3 rings (SSSR count). The van der Waals surface area contributed by atoms with Crippen LogP contribution in [0.3, 0.4) is 0 Å². The van der Waals surface area contributed by atoms with Crippen LogP contribution in [0.4, 0.5) is 0 Å². The van der Waals surface area contributed by atoms with Crippen molar-refractivity contribution in [2.75, 3.05) is 0 Å². The normalized spacial score (nSPS) is 11.4. The predicted octanol–water partition coefficient (Wildman–Crippen LogP) is 5.35. The molecular weight excluding hydrogens is 344 g/mol. The van der Waals surface area contributed by atoms with Gasteiger partial charge >= 0.3 is 10.1 Å². The Morgan fingerprint density at radius 1 is 0.692 bits per heavy atom.